The van der Waals surface area contributed by atoms with Crippen molar-refractivity contribution in [1.82, 2.24) is 0 Å². The van der Waals surface area contributed by atoms with E-state index in [1.54, 1.807) is 12.1 Å². The molecule has 0 fully saturated rings. The Morgan fingerprint density at radius 3 is 2.68 bits per heavy atom. The number of aliphatic hydroxyl groups is 2. The van der Waals surface area contributed by atoms with Crippen molar-refractivity contribution in [3.05, 3.63) is 29.3 Å². The molecule has 0 aliphatic heterocycles. The molecule has 1 rings (SSSR count). The number of unbranched alkanes of at least 4 members (excludes halogenated alkanes) is 3. The SMILES string of the molecule is CCCCCC[NH2+]CC(O)c1ccc(O)c(CO)c1. The Morgan fingerprint density at radius 1 is 1.21 bits per heavy atom. The van der Waals surface area contributed by atoms with Gasteiger partial charge in [-0.1, -0.05) is 25.8 Å². The van der Waals surface area contributed by atoms with Crippen molar-refractivity contribution in [3.8, 4) is 5.75 Å². The van der Waals surface area contributed by atoms with Gasteiger partial charge in [-0.2, -0.15) is 0 Å². The van der Waals surface area contributed by atoms with Gasteiger partial charge in [-0.15, -0.1) is 0 Å². The largest absolute Gasteiger partial charge is 0.508 e. The maximum absolute atomic E-state index is 10.0. The van der Waals surface area contributed by atoms with Crippen LogP contribution in [0.15, 0.2) is 18.2 Å². The van der Waals surface area contributed by atoms with Gasteiger partial charge in [0.25, 0.3) is 0 Å². The molecule has 0 amide bonds. The Bertz CT molecular complexity index is 368. The second-order valence-corrected chi connectivity index (χ2v) is 4.94. The third-order valence-corrected chi connectivity index (χ3v) is 3.31. The molecule has 1 unspecified atom stereocenters. The number of quaternary nitrogens is 1. The van der Waals surface area contributed by atoms with E-state index in [0.29, 0.717) is 12.1 Å². The number of hydrogen-bond acceptors (Lipinski definition) is 3. The number of rotatable bonds is 9. The summed E-state index contributed by atoms with van der Waals surface area (Å²) in [6, 6.07) is 4.88. The van der Waals surface area contributed by atoms with Crippen LogP contribution in [0.4, 0.5) is 0 Å². The molecule has 1 aromatic rings. The zero-order valence-electron chi connectivity index (χ0n) is 11.7. The van der Waals surface area contributed by atoms with E-state index in [0.717, 1.165) is 12.1 Å². The number of hydrogen-bond donors (Lipinski definition) is 4. The van der Waals surface area contributed by atoms with E-state index in [9.17, 15) is 10.2 Å². The monoisotopic (exact) mass is 268 g/mol. The normalized spacial score (nSPS) is 12.6. The molecule has 19 heavy (non-hydrogen) atoms. The number of aliphatic hydroxyl groups excluding tert-OH is 2. The van der Waals surface area contributed by atoms with Crippen molar-refractivity contribution < 1.29 is 20.6 Å². The van der Waals surface area contributed by atoms with E-state index >= 15 is 0 Å². The minimum atomic E-state index is -0.558. The van der Waals surface area contributed by atoms with Gasteiger partial charge in [0.2, 0.25) is 0 Å². The van der Waals surface area contributed by atoms with Crippen molar-refractivity contribution >= 4 is 0 Å². The fraction of sp³-hybridized carbons (Fsp3) is 0.600. The van der Waals surface area contributed by atoms with Gasteiger partial charge in [0.05, 0.1) is 13.2 Å². The summed E-state index contributed by atoms with van der Waals surface area (Å²) < 4.78 is 0. The van der Waals surface area contributed by atoms with Crippen LogP contribution in [0.3, 0.4) is 0 Å². The lowest BCUT2D eigenvalue weighted by molar-refractivity contribution is -0.662. The molecule has 108 valence electrons. The van der Waals surface area contributed by atoms with Gasteiger partial charge in [0, 0.05) is 5.56 Å². The topological polar surface area (TPSA) is 77.3 Å². The maximum Gasteiger partial charge on any atom is 0.128 e. The molecule has 0 heterocycles. The summed E-state index contributed by atoms with van der Waals surface area (Å²) in [7, 11) is 0. The molecule has 0 aromatic heterocycles. The minimum absolute atomic E-state index is 0.0713. The molecule has 1 atom stereocenters. The lowest BCUT2D eigenvalue weighted by Gasteiger charge is -2.11. The summed E-state index contributed by atoms with van der Waals surface area (Å²) in [4.78, 5) is 0. The molecule has 0 bridgehead atoms. The molecule has 0 aliphatic carbocycles. The van der Waals surface area contributed by atoms with Crippen molar-refractivity contribution in [3.63, 3.8) is 0 Å². The van der Waals surface area contributed by atoms with E-state index in [4.69, 9.17) is 5.11 Å². The van der Waals surface area contributed by atoms with Crippen LogP contribution in [0, 0.1) is 0 Å². The molecule has 0 saturated heterocycles. The minimum Gasteiger partial charge on any atom is -0.508 e. The van der Waals surface area contributed by atoms with Crippen molar-refractivity contribution in [1.29, 1.82) is 0 Å². The molecule has 0 aliphatic rings. The number of phenols is 1. The highest BCUT2D eigenvalue weighted by molar-refractivity contribution is 5.36. The van der Waals surface area contributed by atoms with Gasteiger partial charge < -0.3 is 20.6 Å². The summed E-state index contributed by atoms with van der Waals surface area (Å²) >= 11 is 0. The summed E-state index contributed by atoms with van der Waals surface area (Å²) in [5.41, 5.74) is 1.20. The highest BCUT2D eigenvalue weighted by atomic mass is 16.3. The Kier molecular flexibility index (Phi) is 7.48. The average Bonchev–Trinajstić information content (AvgIpc) is 2.43. The first-order valence-electron chi connectivity index (χ1n) is 7.11. The second-order valence-electron chi connectivity index (χ2n) is 4.94. The van der Waals surface area contributed by atoms with Gasteiger partial charge in [0.15, 0.2) is 0 Å². The molecule has 5 N–H and O–H groups in total. The Labute approximate surface area is 115 Å². The summed E-state index contributed by atoms with van der Waals surface area (Å²) in [6.07, 6.45) is 4.38. The Hall–Kier alpha value is -1.10. The molecule has 0 saturated carbocycles. The van der Waals surface area contributed by atoms with E-state index in [1.165, 1.54) is 31.7 Å². The van der Waals surface area contributed by atoms with Gasteiger partial charge in [-0.3, -0.25) is 0 Å². The first-order chi connectivity index (χ1) is 9.19. The van der Waals surface area contributed by atoms with Crippen LogP contribution in [0.2, 0.25) is 0 Å². The Balaban J connectivity index is 2.34. The van der Waals surface area contributed by atoms with Gasteiger partial charge >= 0.3 is 0 Å². The zero-order valence-corrected chi connectivity index (χ0v) is 11.7. The number of benzene rings is 1. The molecular weight excluding hydrogens is 242 g/mol. The quantitative estimate of drug-likeness (QED) is 0.506. The van der Waals surface area contributed by atoms with Crippen LogP contribution in [-0.4, -0.2) is 28.4 Å². The van der Waals surface area contributed by atoms with E-state index in [1.807, 2.05) is 0 Å². The van der Waals surface area contributed by atoms with Crippen LogP contribution >= 0.6 is 0 Å². The molecular formula is C15H26NO3+. The lowest BCUT2D eigenvalue weighted by atomic mass is 10.1. The molecule has 0 radical (unpaired) electrons. The van der Waals surface area contributed by atoms with E-state index in [-0.39, 0.29) is 12.4 Å². The fourth-order valence-electron chi connectivity index (χ4n) is 2.07. The summed E-state index contributed by atoms with van der Waals surface area (Å²) in [6.45, 7) is 3.62. The van der Waals surface area contributed by atoms with Gasteiger partial charge in [-0.05, 0) is 30.5 Å². The van der Waals surface area contributed by atoms with Crippen LogP contribution in [0.1, 0.15) is 49.8 Å². The molecule has 4 heteroatoms. The van der Waals surface area contributed by atoms with Crippen molar-refractivity contribution in [2.75, 3.05) is 13.1 Å². The number of aromatic hydroxyl groups is 1. The van der Waals surface area contributed by atoms with E-state index in [2.05, 4.69) is 12.2 Å². The van der Waals surface area contributed by atoms with Crippen LogP contribution in [-0.2, 0) is 6.61 Å². The lowest BCUT2D eigenvalue weighted by Crippen LogP contribution is -2.85. The van der Waals surface area contributed by atoms with E-state index < -0.39 is 6.10 Å². The van der Waals surface area contributed by atoms with Gasteiger partial charge in [-0.25, -0.2) is 0 Å². The second kappa shape index (κ2) is 8.91. The molecule has 4 nitrogen and oxygen atoms in total. The number of nitrogens with two attached hydrogens (primary N) is 1. The average molecular weight is 268 g/mol. The summed E-state index contributed by atoms with van der Waals surface area (Å²) in [5, 5.41) is 30.7. The fourth-order valence-corrected chi connectivity index (χ4v) is 2.07. The predicted molar refractivity (Wildman–Crippen MR) is 74.8 cm³/mol. The van der Waals surface area contributed by atoms with Crippen molar-refractivity contribution in [2.24, 2.45) is 0 Å². The van der Waals surface area contributed by atoms with Crippen molar-refractivity contribution in [2.45, 2.75) is 45.3 Å². The highest BCUT2D eigenvalue weighted by Gasteiger charge is 2.11. The predicted octanol–water partition coefficient (Wildman–Crippen LogP) is 1.06. The first-order valence-corrected chi connectivity index (χ1v) is 7.11. The highest BCUT2D eigenvalue weighted by Crippen LogP contribution is 2.21. The molecule has 0 spiro atoms. The smallest absolute Gasteiger partial charge is 0.128 e. The van der Waals surface area contributed by atoms with Crippen LogP contribution in [0.25, 0.3) is 0 Å². The third kappa shape index (κ3) is 5.59. The summed E-state index contributed by atoms with van der Waals surface area (Å²) in [5.74, 6) is 0.0713. The van der Waals surface area contributed by atoms with Crippen LogP contribution in [0.5, 0.6) is 5.75 Å². The maximum atomic E-state index is 10.0. The molecule has 1 aromatic carbocycles. The van der Waals surface area contributed by atoms with Crippen LogP contribution < -0.4 is 5.32 Å². The third-order valence-electron chi connectivity index (χ3n) is 3.31. The zero-order chi connectivity index (χ0) is 14.1. The first kappa shape index (κ1) is 16.0. The standard InChI is InChI=1S/C15H25NO3/c1-2-3-4-5-8-16-10-15(19)12-6-7-14(18)13(9-12)11-17/h6-7,9,15-19H,2-5,8,10-11H2,1H3/p+1. The Morgan fingerprint density at radius 2 is 2.00 bits per heavy atom. The van der Waals surface area contributed by atoms with Gasteiger partial charge in [0.1, 0.15) is 18.4 Å².